The molecule has 0 saturated carbocycles. The van der Waals surface area contributed by atoms with Crippen molar-refractivity contribution in [2.24, 2.45) is 5.10 Å². The van der Waals surface area contributed by atoms with Crippen LogP contribution in [0.25, 0.3) is 0 Å². The maximum atomic E-state index is 12.9. The third kappa shape index (κ3) is 6.04. The first-order valence-electron chi connectivity index (χ1n) is 7.87. The van der Waals surface area contributed by atoms with Gasteiger partial charge in [0.15, 0.2) is 16.6 Å². The predicted octanol–water partition coefficient (Wildman–Crippen LogP) is 3.94. The van der Waals surface area contributed by atoms with Crippen molar-refractivity contribution in [3.8, 4) is 11.5 Å². The lowest BCUT2D eigenvalue weighted by Crippen LogP contribution is -2.23. The Morgan fingerprint density at radius 2 is 1.76 bits per heavy atom. The van der Waals surface area contributed by atoms with E-state index in [1.807, 2.05) is 32.0 Å². The molecule has 0 unspecified atom stereocenters. The molecule has 2 N–H and O–H groups in total. The molecule has 2 aromatic carbocycles. The van der Waals surface area contributed by atoms with Gasteiger partial charge in [-0.3, -0.25) is 5.43 Å². The molecule has 2 rings (SSSR count). The summed E-state index contributed by atoms with van der Waals surface area (Å²) in [7, 11) is 0. The maximum Gasteiger partial charge on any atom is 0.191 e. The highest BCUT2D eigenvalue weighted by atomic mass is 32.1. The van der Waals surface area contributed by atoms with Crippen LogP contribution in [-0.4, -0.2) is 24.5 Å². The van der Waals surface area contributed by atoms with Crippen LogP contribution in [-0.2, 0) is 0 Å². The van der Waals surface area contributed by atoms with Crippen molar-refractivity contribution in [2.75, 3.05) is 18.5 Å². The fourth-order valence-electron chi connectivity index (χ4n) is 2.01. The molecule has 0 aliphatic rings. The van der Waals surface area contributed by atoms with Crippen molar-refractivity contribution in [3.63, 3.8) is 0 Å². The Hall–Kier alpha value is -2.67. The summed E-state index contributed by atoms with van der Waals surface area (Å²) in [5, 5.41) is 7.30. The van der Waals surface area contributed by atoms with Crippen LogP contribution in [0, 0.1) is 5.82 Å². The van der Waals surface area contributed by atoms with Gasteiger partial charge in [0, 0.05) is 5.69 Å². The molecule has 0 radical (unpaired) electrons. The fourth-order valence-corrected chi connectivity index (χ4v) is 2.18. The number of nitrogens with one attached hydrogen (secondary N) is 2. The van der Waals surface area contributed by atoms with Gasteiger partial charge >= 0.3 is 0 Å². The zero-order chi connectivity index (χ0) is 18.1. The largest absolute Gasteiger partial charge is 0.490 e. The average molecular weight is 361 g/mol. The number of ether oxygens (including phenoxy) is 2. The molecule has 0 aliphatic carbocycles. The molecule has 7 heteroatoms. The van der Waals surface area contributed by atoms with E-state index in [1.54, 1.807) is 18.3 Å². The van der Waals surface area contributed by atoms with Crippen molar-refractivity contribution in [1.82, 2.24) is 5.43 Å². The Balaban J connectivity index is 1.95. The number of halogens is 1. The molecule has 2 aromatic rings. The van der Waals surface area contributed by atoms with Gasteiger partial charge in [-0.15, -0.1) is 0 Å². The Labute approximate surface area is 151 Å². The zero-order valence-corrected chi connectivity index (χ0v) is 14.9. The number of hydrazone groups is 1. The summed E-state index contributed by atoms with van der Waals surface area (Å²) in [6, 6.07) is 11.4. The van der Waals surface area contributed by atoms with Gasteiger partial charge in [-0.25, -0.2) is 4.39 Å². The van der Waals surface area contributed by atoms with Crippen molar-refractivity contribution >= 4 is 29.2 Å². The van der Waals surface area contributed by atoms with Crippen LogP contribution in [0.5, 0.6) is 11.5 Å². The number of benzene rings is 2. The summed E-state index contributed by atoms with van der Waals surface area (Å²) in [5.41, 5.74) is 4.22. The van der Waals surface area contributed by atoms with Crippen LogP contribution >= 0.6 is 12.2 Å². The first-order chi connectivity index (χ1) is 12.1. The fraction of sp³-hybridized carbons (Fsp3) is 0.222. The normalized spacial score (nSPS) is 10.5. The second-order valence-corrected chi connectivity index (χ2v) is 5.31. The van der Waals surface area contributed by atoms with Crippen molar-refractivity contribution < 1.29 is 13.9 Å². The Morgan fingerprint density at radius 1 is 1.08 bits per heavy atom. The van der Waals surface area contributed by atoms with Crippen molar-refractivity contribution in [1.29, 1.82) is 0 Å². The lowest BCUT2D eigenvalue weighted by Gasteiger charge is -2.11. The molecule has 0 heterocycles. The molecule has 0 spiro atoms. The van der Waals surface area contributed by atoms with Crippen LogP contribution in [0.4, 0.5) is 10.1 Å². The first-order valence-corrected chi connectivity index (χ1v) is 8.28. The van der Waals surface area contributed by atoms with Crippen LogP contribution in [0.1, 0.15) is 19.4 Å². The van der Waals surface area contributed by atoms with E-state index in [0.717, 1.165) is 5.56 Å². The molecule has 0 aliphatic heterocycles. The van der Waals surface area contributed by atoms with E-state index in [4.69, 9.17) is 21.7 Å². The summed E-state index contributed by atoms with van der Waals surface area (Å²) in [5.74, 6) is 1.06. The highest BCUT2D eigenvalue weighted by Crippen LogP contribution is 2.27. The molecular weight excluding hydrogens is 341 g/mol. The Morgan fingerprint density at radius 3 is 2.44 bits per heavy atom. The number of hydrogen-bond acceptors (Lipinski definition) is 4. The number of rotatable bonds is 7. The van der Waals surface area contributed by atoms with E-state index in [1.165, 1.54) is 12.1 Å². The van der Waals surface area contributed by atoms with Crippen LogP contribution in [0.15, 0.2) is 47.6 Å². The summed E-state index contributed by atoms with van der Waals surface area (Å²) < 4.78 is 23.9. The Bertz CT molecular complexity index is 736. The van der Waals surface area contributed by atoms with E-state index in [9.17, 15) is 4.39 Å². The standard InChI is InChI=1S/C18H20FN3O2S/c1-3-23-16-10-5-13(11-17(16)24-4-2)12-20-22-18(25)21-15-8-6-14(19)7-9-15/h5-12H,3-4H2,1-2H3,(H2,21,22,25)/b20-12-. The van der Waals surface area contributed by atoms with E-state index >= 15 is 0 Å². The molecule has 0 aromatic heterocycles. The van der Waals surface area contributed by atoms with E-state index in [2.05, 4.69) is 15.8 Å². The van der Waals surface area contributed by atoms with Gasteiger partial charge in [-0.2, -0.15) is 5.10 Å². The summed E-state index contributed by atoms with van der Waals surface area (Å²) in [6.45, 7) is 4.95. The molecule has 0 atom stereocenters. The summed E-state index contributed by atoms with van der Waals surface area (Å²) in [6.07, 6.45) is 1.62. The molecule has 0 fully saturated rings. The van der Waals surface area contributed by atoms with Crippen molar-refractivity contribution in [3.05, 3.63) is 53.8 Å². The number of anilines is 1. The number of nitrogens with zero attached hydrogens (tertiary/aromatic N) is 1. The number of thiocarbonyl (C=S) groups is 1. The van der Waals surface area contributed by atoms with Crippen LogP contribution in [0.2, 0.25) is 0 Å². The molecule has 132 valence electrons. The van der Waals surface area contributed by atoms with E-state index in [-0.39, 0.29) is 5.82 Å². The smallest absolute Gasteiger partial charge is 0.191 e. The monoisotopic (exact) mass is 361 g/mol. The molecule has 0 saturated heterocycles. The van der Waals surface area contributed by atoms with Gasteiger partial charge in [0.1, 0.15) is 5.82 Å². The lowest BCUT2D eigenvalue weighted by molar-refractivity contribution is 0.288. The van der Waals surface area contributed by atoms with Gasteiger partial charge < -0.3 is 14.8 Å². The van der Waals surface area contributed by atoms with E-state index < -0.39 is 0 Å². The quantitative estimate of drug-likeness (QED) is 0.444. The van der Waals surface area contributed by atoms with Gasteiger partial charge in [0.2, 0.25) is 0 Å². The Kier molecular flexibility index (Phi) is 7.16. The predicted molar refractivity (Wildman–Crippen MR) is 102 cm³/mol. The van der Waals surface area contributed by atoms with Crippen molar-refractivity contribution in [2.45, 2.75) is 13.8 Å². The van der Waals surface area contributed by atoms with Crippen LogP contribution in [0.3, 0.4) is 0 Å². The minimum atomic E-state index is -0.303. The molecular formula is C18H20FN3O2S. The molecule has 0 amide bonds. The summed E-state index contributed by atoms with van der Waals surface area (Å²) in [4.78, 5) is 0. The third-order valence-electron chi connectivity index (χ3n) is 3.05. The zero-order valence-electron chi connectivity index (χ0n) is 14.1. The van der Waals surface area contributed by atoms with E-state index in [0.29, 0.717) is 35.5 Å². The third-order valence-corrected chi connectivity index (χ3v) is 3.24. The first kappa shape index (κ1) is 18.7. The highest BCUT2D eigenvalue weighted by molar-refractivity contribution is 7.80. The van der Waals surface area contributed by atoms with Gasteiger partial charge in [0.05, 0.1) is 19.4 Å². The second-order valence-electron chi connectivity index (χ2n) is 4.90. The topological polar surface area (TPSA) is 54.9 Å². The number of hydrogen-bond donors (Lipinski definition) is 2. The molecule has 0 bridgehead atoms. The van der Waals surface area contributed by atoms with Crippen LogP contribution < -0.4 is 20.2 Å². The summed E-state index contributed by atoms with van der Waals surface area (Å²) >= 11 is 5.13. The molecule has 5 nitrogen and oxygen atoms in total. The second kappa shape index (κ2) is 9.58. The lowest BCUT2D eigenvalue weighted by atomic mass is 10.2. The maximum absolute atomic E-state index is 12.9. The van der Waals surface area contributed by atoms with Gasteiger partial charge in [-0.1, -0.05) is 0 Å². The minimum Gasteiger partial charge on any atom is -0.490 e. The molecule has 25 heavy (non-hydrogen) atoms. The SMILES string of the molecule is CCOc1ccc(/C=N\NC(=S)Nc2ccc(F)cc2)cc1OCC. The van der Waals surface area contributed by atoms with Gasteiger partial charge in [0.25, 0.3) is 0 Å². The minimum absolute atomic E-state index is 0.303. The van der Waals surface area contributed by atoms with Gasteiger partial charge in [-0.05, 0) is 74.1 Å². The highest BCUT2D eigenvalue weighted by Gasteiger charge is 2.05. The average Bonchev–Trinajstić information content (AvgIpc) is 2.59.